The Morgan fingerprint density at radius 2 is 1.76 bits per heavy atom. The normalized spacial score (nSPS) is 29.3. The van der Waals surface area contributed by atoms with Gasteiger partial charge in [0.1, 0.15) is 5.52 Å². The zero-order chi connectivity index (χ0) is 34.6. The standard InChI is InChI=1S/C35H25Br2Cl2N3O7/c1-48-25-13-17(37)12-21(28(25)43)27-19-10-11-20-26(22(19)14-34(38)32(46)41(15-36)33(47)35(27,34)39)31(45)42(30(20)44)18-8-6-16(7-9-18)29-40-23-4-2-3-5-24(23)49-29/h2-10,12-13,20,22,26-27,43H,11,14-15H2,1H3/t20-,22+,26-,27+,34+,35-/m0/s1. The Bertz CT molecular complexity index is 2120. The number of aromatic nitrogens is 1. The van der Waals surface area contributed by atoms with E-state index in [-0.39, 0.29) is 41.3 Å². The number of carbonyl (C=O) groups excluding carboxylic acids is 4. The van der Waals surface area contributed by atoms with E-state index in [0.717, 1.165) is 4.90 Å². The number of amides is 4. The molecule has 2 aliphatic heterocycles. The minimum Gasteiger partial charge on any atom is -0.504 e. The number of allylic oxidation sites excluding steroid dienone is 2. The SMILES string of the molecule is COc1cc(Br)cc([C@H]2C3=CC[C@@H]4C(=O)N(c5ccc(-c6nc7ccccc7o6)cc5)C(=O)[C@@H]4[C@@H]3C[C@@]3(Cl)C(=O)N(CBr)C(=O)[C@@]23Cl)c1O. The van der Waals surface area contributed by atoms with Crippen LogP contribution in [-0.4, -0.2) is 60.9 Å². The molecule has 4 amide bonds. The molecule has 14 heteroatoms. The van der Waals surface area contributed by atoms with E-state index in [1.807, 2.05) is 30.3 Å². The first-order chi connectivity index (χ1) is 23.4. The number of benzene rings is 3. The lowest BCUT2D eigenvalue weighted by Gasteiger charge is -2.50. The van der Waals surface area contributed by atoms with Gasteiger partial charge in [-0.3, -0.25) is 29.0 Å². The van der Waals surface area contributed by atoms with Gasteiger partial charge in [-0.15, -0.1) is 23.2 Å². The van der Waals surface area contributed by atoms with Crippen LogP contribution in [-0.2, 0) is 19.2 Å². The number of imide groups is 2. The summed E-state index contributed by atoms with van der Waals surface area (Å²) in [6, 6.07) is 17.3. The van der Waals surface area contributed by atoms with Crippen molar-refractivity contribution in [1.29, 1.82) is 0 Å². The summed E-state index contributed by atoms with van der Waals surface area (Å²) < 4.78 is 11.8. The van der Waals surface area contributed by atoms with E-state index in [9.17, 15) is 24.3 Å². The maximum absolute atomic E-state index is 14.4. The molecular weight excluding hydrogens is 805 g/mol. The molecule has 1 N–H and O–H groups in total. The molecule has 1 aromatic heterocycles. The van der Waals surface area contributed by atoms with Gasteiger partial charge in [0.25, 0.3) is 11.8 Å². The number of rotatable bonds is 5. The molecule has 0 spiro atoms. The van der Waals surface area contributed by atoms with E-state index in [2.05, 4.69) is 36.8 Å². The molecule has 6 atom stereocenters. The van der Waals surface area contributed by atoms with Crippen molar-refractivity contribution in [2.45, 2.75) is 28.5 Å². The Kier molecular flexibility index (Phi) is 7.57. The Morgan fingerprint density at radius 3 is 2.45 bits per heavy atom. The Labute approximate surface area is 306 Å². The molecule has 8 rings (SSSR count). The molecule has 0 unspecified atom stereocenters. The van der Waals surface area contributed by atoms with Crippen molar-refractivity contribution in [1.82, 2.24) is 9.88 Å². The highest BCUT2D eigenvalue weighted by Crippen LogP contribution is 2.66. The number of likely N-dealkylation sites (tertiary alicyclic amines) is 1. The van der Waals surface area contributed by atoms with E-state index in [4.69, 9.17) is 32.4 Å². The first kappa shape index (κ1) is 32.5. The Balaban J connectivity index is 1.21. The number of hydrogen-bond acceptors (Lipinski definition) is 8. The second-order valence-electron chi connectivity index (χ2n) is 12.6. The van der Waals surface area contributed by atoms with Gasteiger partial charge in [-0.2, -0.15) is 0 Å². The van der Waals surface area contributed by atoms with Crippen molar-refractivity contribution in [2.75, 3.05) is 17.5 Å². The first-order valence-corrected chi connectivity index (χ1v) is 18.0. The van der Waals surface area contributed by atoms with Gasteiger partial charge < -0.3 is 14.3 Å². The summed E-state index contributed by atoms with van der Waals surface area (Å²) in [4.78, 5) is 59.0. The molecule has 49 heavy (non-hydrogen) atoms. The maximum Gasteiger partial charge on any atom is 0.254 e. The van der Waals surface area contributed by atoms with Crippen LogP contribution in [0.5, 0.6) is 11.5 Å². The quantitative estimate of drug-likeness (QED) is 0.0998. The van der Waals surface area contributed by atoms with Crippen molar-refractivity contribution >= 4 is 95.5 Å². The molecule has 0 bridgehead atoms. The number of para-hydroxylation sites is 2. The molecule has 2 saturated heterocycles. The number of halogens is 4. The number of phenols is 1. The highest BCUT2D eigenvalue weighted by Gasteiger charge is 2.76. The second kappa shape index (κ2) is 11.4. The number of oxazole rings is 1. The number of alkyl halides is 3. The molecule has 2 aliphatic carbocycles. The number of nitrogens with zero attached hydrogens (tertiary/aromatic N) is 3. The summed E-state index contributed by atoms with van der Waals surface area (Å²) in [5.41, 5.74) is 2.98. The molecule has 3 fully saturated rings. The predicted octanol–water partition coefficient (Wildman–Crippen LogP) is 6.89. The predicted molar refractivity (Wildman–Crippen MR) is 188 cm³/mol. The van der Waals surface area contributed by atoms with Crippen LogP contribution in [0.15, 0.2) is 81.2 Å². The second-order valence-corrected chi connectivity index (χ2v) is 15.2. The fourth-order valence-electron chi connectivity index (χ4n) is 8.07. The summed E-state index contributed by atoms with van der Waals surface area (Å²) in [6.45, 7) is 0. The van der Waals surface area contributed by atoms with Gasteiger partial charge in [0.2, 0.25) is 17.7 Å². The minimum absolute atomic E-state index is 0.106. The molecule has 3 aromatic carbocycles. The van der Waals surface area contributed by atoms with Crippen LogP contribution in [0.4, 0.5) is 5.69 Å². The van der Waals surface area contributed by atoms with Crippen LogP contribution in [0, 0.1) is 17.8 Å². The number of anilines is 1. The Morgan fingerprint density at radius 1 is 1.02 bits per heavy atom. The highest BCUT2D eigenvalue weighted by molar-refractivity contribution is 9.10. The molecule has 10 nitrogen and oxygen atoms in total. The molecular formula is C35H25Br2Cl2N3O7. The lowest BCUT2D eigenvalue weighted by Crippen LogP contribution is -2.60. The van der Waals surface area contributed by atoms with E-state index in [0.29, 0.717) is 38.3 Å². The summed E-state index contributed by atoms with van der Waals surface area (Å²) in [7, 11) is 1.38. The molecule has 4 aliphatic rings. The maximum atomic E-state index is 14.4. The molecule has 3 heterocycles. The molecule has 0 radical (unpaired) electrons. The van der Waals surface area contributed by atoms with E-state index < -0.39 is 51.1 Å². The summed E-state index contributed by atoms with van der Waals surface area (Å²) in [6.07, 6.45) is 1.81. The molecule has 250 valence electrons. The summed E-state index contributed by atoms with van der Waals surface area (Å²) in [5, 5.41) is 11.4. The van der Waals surface area contributed by atoms with Gasteiger partial charge in [-0.25, -0.2) is 4.98 Å². The Hall–Kier alpha value is -3.71. The molecule has 4 aromatic rings. The van der Waals surface area contributed by atoms with Crippen molar-refractivity contribution in [3.63, 3.8) is 0 Å². The first-order valence-electron chi connectivity index (χ1n) is 15.3. The third-order valence-corrected chi connectivity index (χ3v) is 12.7. The average molecular weight is 830 g/mol. The van der Waals surface area contributed by atoms with Crippen LogP contribution >= 0.6 is 55.1 Å². The van der Waals surface area contributed by atoms with Crippen LogP contribution in [0.25, 0.3) is 22.6 Å². The van der Waals surface area contributed by atoms with Gasteiger partial charge in [0, 0.05) is 21.5 Å². The number of ether oxygens (including phenoxy) is 1. The summed E-state index contributed by atoms with van der Waals surface area (Å²) >= 11 is 21.3. The van der Waals surface area contributed by atoms with E-state index >= 15 is 0 Å². The van der Waals surface area contributed by atoms with Gasteiger partial charge in [0.05, 0.1) is 30.1 Å². The lowest BCUT2D eigenvalue weighted by atomic mass is 9.56. The minimum atomic E-state index is -2.07. The number of aromatic hydroxyl groups is 1. The average Bonchev–Trinajstić information content (AvgIpc) is 3.68. The van der Waals surface area contributed by atoms with Crippen molar-refractivity contribution < 1.29 is 33.4 Å². The number of carbonyl (C=O) groups is 4. The largest absolute Gasteiger partial charge is 0.504 e. The monoisotopic (exact) mass is 827 g/mol. The number of hydrogen-bond donors (Lipinski definition) is 1. The highest BCUT2D eigenvalue weighted by atomic mass is 79.9. The fourth-order valence-corrected chi connectivity index (χ4v) is 9.94. The number of fused-ring (bicyclic) bond motifs is 5. The van der Waals surface area contributed by atoms with E-state index in [1.54, 1.807) is 36.4 Å². The van der Waals surface area contributed by atoms with Crippen molar-refractivity contribution in [3.05, 3.63) is 82.3 Å². The molecule has 1 saturated carbocycles. The van der Waals surface area contributed by atoms with Gasteiger partial charge in [-0.05, 0) is 67.3 Å². The smallest absolute Gasteiger partial charge is 0.254 e. The van der Waals surface area contributed by atoms with Gasteiger partial charge >= 0.3 is 0 Å². The zero-order valence-corrected chi connectivity index (χ0v) is 30.2. The third-order valence-electron chi connectivity index (χ3n) is 10.3. The zero-order valence-electron chi connectivity index (χ0n) is 25.5. The van der Waals surface area contributed by atoms with Gasteiger partial charge in [-0.1, -0.05) is 55.6 Å². The van der Waals surface area contributed by atoms with Crippen molar-refractivity contribution in [3.8, 4) is 23.0 Å². The fraction of sp³-hybridized carbons (Fsp3) is 0.286. The van der Waals surface area contributed by atoms with Crippen LogP contribution < -0.4 is 9.64 Å². The topological polar surface area (TPSA) is 130 Å². The van der Waals surface area contributed by atoms with Gasteiger partial charge in [0.15, 0.2) is 26.8 Å². The number of methoxy groups -OCH3 is 1. The lowest BCUT2D eigenvalue weighted by molar-refractivity contribution is -0.138. The van der Waals surface area contributed by atoms with Crippen LogP contribution in [0.1, 0.15) is 24.3 Å². The van der Waals surface area contributed by atoms with E-state index in [1.165, 1.54) is 12.0 Å². The van der Waals surface area contributed by atoms with Crippen molar-refractivity contribution in [2.24, 2.45) is 17.8 Å². The van der Waals surface area contributed by atoms with Crippen LogP contribution in [0.2, 0.25) is 0 Å². The number of phenolic OH excluding ortho intramolecular Hbond substituents is 1. The van der Waals surface area contributed by atoms with Crippen LogP contribution in [0.3, 0.4) is 0 Å². The summed E-state index contributed by atoms with van der Waals surface area (Å²) in [5.74, 6) is -5.62. The third kappa shape index (κ3) is 4.39.